The molecule has 0 saturated carbocycles. The van der Waals surface area contributed by atoms with Gasteiger partial charge in [0.1, 0.15) is 17.1 Å². The van der Waals surface area contributed by atoms with Crippen LogP contribution in [0.25, 0.3) is 11.0 Å². The number of aryl methyl sites for hydroxylation is 2. The Balaban J connectivity index is 0.000000821. The van der Waals surface area contributed by atoms with E-state index in [2.05, 4.69) is 36.3 Å². The molecule has 5 rings (SSSR count). The van der Waals surface area contributed by atoms with E-state index >= 15 is 0 Å². The molecule has 33 heavy (non-hydrogen) atoms. The highest BCUT2D eigenvalue weighted by molar-refractivity contribution is 5.90. The number of aromatic amines is 1. The van der Waals surface area contributed by atoms with Crippen molar-refractivity contribution in [2.24, 2.45) is 5.73 Å². The Kier molecular flexibility index (Phi) is 6.40. The van der Waals surface area contributed by atoms with Crippen molar-refractivity contribution in [2.75, 3.05) is 29.9 Å². The Bertz CT molecular complexity index is 1140. The Morgan fingerprint density at radius 2 is 2.06 bits per heavy atom. The summed E-state index contributed by atoms with van der Waals surface area (Å²) in [6, 6.07) is 3.69. The van der Waals surface area contributed by atoms with Gasteiger partial charge in [-0.25, -0.2) is 14.8 Å². The molecule has 11 nitrogen and oxygen atoms in total. The van der Waals surface area contributed by atoms with Crippen molar-refractivity contribution < 1.29 is 14.3 Å². The highest BCUT2D eigenvalue weighted by Crippen LogP contribution is 2.34. The van der Waals surface area contributed by atoms with Gasteiger partial charge in [0.2, 0.25) is 12.4 Å². The van der Waals surface area contributed by atoms with Crippen LogP contribution >= 0.6 is 0 Å². The fourth-order valence-electron chi connectivity index (χ4n) is 4.37. The van der Waals surface area contributed by atoms with E-state index < -0.39 is 5.60 Å². The number of nitrogens with zero attached hydrogens (tertiary/aromatic N) is 4. The van der Waals surface area contributed by atoms with E-state index in [9.17, 15) is 4.79 Å². The van der Waals surface area contributed by atoms with Crippen molar-refractivity contribution in [1.29, 1.82) is 0 Å². The van der Waals surface area contributed by atoms with Crippen LogP contribution in [-0.4, -0.2) is 57.7 Å². The summed E-state index contributed by atoms with van der Waals surface area (Å²) in [5, 5.41) is 7.56. The van der Waals surface area contributed by atoms with Gasteiger partial charge in [0, 0.05) is 18.0 Å². The van der Waals surface area contributed by atoms with E-state index in [4.69, 9.17) is 9.53 Å². The number of anilines is 3. The first-order valence-corrected chi connectivity index (χ1v) is 10.9. The van der Waals surface area contributed by atoms with Gasteiger partial charge in [-0.15, -0.1) is 0 Å². The molecule has 2 saturated heterocycles. The molecule has 2 aliphatic rings. The number of hydrogen-bond donors (Lipinski definition) is 4. The Morgan fingerprint density at radius 1 is 1.24 bits per heavy atom. The van der Waals surface area contributed by atoms with Crippen molar-refractivity contribution in [1.82, 2.24) is 25.3 Å². The van der Waals surface area contributed by atoms with E-state index in [0.717, 1.165) is 60.3 Å². The molecular weight excluding hydrogens is 424 g/mol. The summed E-state index contributed by atoms with van der Waals surface area (Å²) in [6.07, 6.45) is 6.28. The molecule has 11 heteroatoms. The van der Waals surface area contributed by atoms with Gasteiger partial charge in [0.25, 0.3) is 0 Å². The topological polar surface area (TPSA) is 151 Å². The maximum atomic E-state index is 12.5. The van der Waals surface area contributed by atoms with Gasteiger partial charge in [0.05, 0.1) is 24.1 Å². The average molecular weight is 453 g/mol. The molecule has 1 atom stereocenters. The average Bonchev–Trinajstić information content (AvgIpc) is 3.22. The number of rotatable bonds is 3. The van der Waals surface area contributed by atoms with Crippen molar-refractivity contribution >= 4 is 41.0 Å². The predicted octanol–water partition coefficient (Wildman–Crippen LogP) is 2.28. The molecule has 174 valence electrons. The summed E-state index contributed by atoms with van der Waals surface area (Å²) in [5.74, 6) is 1.09. The van der Waals surface area contributed by atoms with Crippen LogP contribution in [0.5, 0.6) is 0 Å². The quantitative estimate of drug-likeness (QED) is 0.442. The number of primary amides is 1. The fraction of sp³-hybridized carbons (Fsp3) is 0.409. The second-order valence-corrected chi connectivity index (χ2v) is 8.23. The lowest BCUT2D eigenvalue weighted by atomic mass is 9.95. The van der Waals surface area contributed by atoms with Crippen molar-refractivity contribution in [3.63, 3.8) is 0 Å². The van der Waals surface area contributed by atoms with Crippen LogP contribution in [0.2, 0.25) is 0 Å². The Labute approximate surface area is 191 Å². The first-order valence-electron chi connectivity index (χ1n) is 10.9. The molecule has 5 N–H and O–H groups in total. The smallest absolute Gasteiger partial charge is 0.415 e. The summed E-state index contributed by atoms with van der Waals surface area (Å²) >= 11 is 0. The SMILES string of the molecule is Cc1c[nH]c2nc(Nc3ccc(N4CC5(CCCNCC5)OC4=O)cn3)nc(C)c12.NC=O. The zero-order valence-corrected chi connectivity index (χ0v) is 18.7. The molecule has 1 spiro atoms. The number of amides is 2. The summed E-state index contributed by atoms with van der Waals surface area (Å²) in [5.41, 5.74) is 7.32. The molecule has 3 aromatic heterocycles. The fourth-order valence-corrected chi connectivity index (χ4v) is 4.37. The van der Waals surface area contributed by atoms with Gasteiger partial charge in [-0.2, -0.15) is 4.98 Å². The van der Waals surface area contributed by atoms with Crippen LogP contribution in [0.4, 0.5) is 22.2 Å². The zero-order chi connectivity index (χ0) is 23.4. The molecule has 1 unspecified atom stereocenters. The molecule has 0 aliphatic carbocycles. The molecule has 0 aromatic carbocycles. The number of carbonyl (C=O) groups excluding carboxylic acids is 2. The first kappa shape index (κ1) is 22.5. The minimum atomic E-state index is -0.396. The Hall–Kier alpha value is -3.73. The van der Waals surface area contributed by atoms with Crippen LogP contribution in [0.1, 0.15) is 30.5 Å². The lowest BCUT2D eigenvalue weighted by Crippen LogP contribution is -2.35. The highest BCUT2D eigenvalue weighted by Gasteiger charge is 2.45. The van der Waals surface area contributed by atoms with Gasteiger partial charge in [-0.3, -0.25) is 9.69 Å². The van der Waals surface area contributed by atoms with E-state index in [1.54, 1.807) is 11.1 Å². The molecule has 5 heterocycles. The van der Waals surface area contributed by atoms with Crippen molar-refractivity contribution in [3.05, 3.63) is 35.8 Å². The van der Waals surface area contributed by atoms with Crippen LogP contribution in [0, 0.1) is 13.8 Å². The molecule has 3 aromatic rings. The summed E-state index contributed by atoms with van der Waals surface area (Å²) in [7, 11) is 0. The number of H-pyrrole nitrogens is 1. The minimum absolute atomic E-state index is 0.250. The van der Waals surface area contributed by atoms with Crippen molar-refractivity contribution in [2.45, 2.75) is 38.7 Å². The third-order valence-corrected chi connectivity index (χ3v) is 5.92. The molecule has 0 radical (unpaired) electrons. The van der Waals surface area contributed by atoms with Crippen LogP contribution in [-0.2, 0) is 9.53 Å². The van der Waals surface area contributed by atoms with Gasteiger partial charge in [0.15, 0.2) is 0 Å². The van der Waals surface area contributed by atoms with Crippen LogP contribution in [0.3, 0.4) is 0 Å². The number of pyridine rings is 1. The molecule has 2 fully saturated rings. The summed E-state index contributed by atoms with van der Waals surface area (Å²) in [6.45, 7) is 6.39. The monoisotopic (exact) mass is 452 g/mol. The van der Waals surface area contributed by atoms with E-state index in [-0.39, 0.29) is 12.5 Å². The van der Waals surface area contributed by atoms with Crippen LogP contribution < -0.4 is 21.3 Å². The summed E-state index contributed by atoms with van der Waals surface area (Å²) < 4.78 is 5.80. The molecular formula is C22H28N8O3. The third-order valence-electron chi connectivity index (χ3n) is 5.92. The maximum absolute atomic E-state index is 12.5. The summed E-state index contributed by atoms with van der Waals surface area (Å²) in [4.78, 5) is 39.5. The van der Waals surface area contributed by atoms with Gasteiger partial charge in [-0.05, 0) is 57.5 Å². The maximum Gasteiger partial charge on any atom is 0.415 e. The lowest BCUT2D eigenvalue weighted by molar-refractivity contribution is -0.106. The number of nitrogens with one attached hydrogen (secondary N) is 3. The Morgan fingerprint density at radius 3 is 2.82 bits per heavy atom. The zero-order valence-electron chi connectivity index (χ0n) is 18.7. The second-order valence-electron chi connectivity index (χ2n) is 8.23. The number of carbonyl (C=O) groups is 2. The number of ether oxygens (including phenoxy) is 1. The van der Waals surface area contributed by atoms with E-state index in [0.29, 0.717) is 18.3 Å². The minimum Gasteiger partial charge on any atom is -0.441 e. The highest BCUT2D eigenvalue weighted by atomic mass is 16.6. The molecule has 2 aliphatic heterocycles. The largest absolute Gasteiger partial charge is 0.441 e. The standard InChI is InChI=1S/C21H25N7O2.CH3NO/c1-13-10-24-18-17(13)14(2)25-19(27-18)26-16-5-4-15(11-23-16)28-12-21(30-20(28)29)6-3-8-22-9-7-21;2-1-3/h4-5,10-11,22H,3,6-9,12H2,1-2H3,(H2,23,24,25,26,27);1H,(H2,2,3). The number of fused-ring (bicyclic) bond motifs is 1. The van der Waals surface area contributed by atoms with E-state index in [1.807, 2.05) is 32.2 Å². The van der Waals surface area contributed by atoms with Crippen LogP contribution in [0.15, 0.2) is 24.5 Å². The predicted molar refractivity (Wildman–Crippen MR) is 124 cm³/mol. The molecule has 2 amide bonds. The second kappa shape index (κ2) is 9.41. The third kappa shape index (κ3) is 4.72. The first-order chi connectivity index (χ1) is 15.9. The van der Waals surface area contributed by atoms with Gasteiger partial charge >= 0.3 is 6.09 Å². The van der Waals surface area contributed by atoms with E-state index in [1.165, 1.54) is 0 Å². The lowest BCUT2D eigenvalue weighted by Gasteiger charge is -2.24. The number of hydrogen-bond acceptors (Lipinski definition) is 8. The molecule has 0 bridgehead atoms. The number of aromatic nitrogens is 4. The number of nitrogens with two attached hydrogens (primary N) is 1. The van der Waals surface area contributed by atoms with Gasteiger partial charge < -0.3 is 26.1 Å². The van der Waals surface area contributed by atoms with Crippen molar-refractivity contribution in [3.8, 4) is 0 Å². The normalized spacial score (nSPS) is 20.2. The van der Waals surface area contributed by atoms with Gasteiger partial charge in [-0.1, -0.05) is 0 Å².